The fraction of sp³-hybridized carbons (Fsp3) is 0.684. The number of hydrogen-bond acceptors (Lipinski definition) is 4. The zero-order valence-corrected chi connectivity index (χ0v) is 14.7. The van der Waals surface area contributed by atoms with Gasteiger partial charge in [-0.2, -0.15) is 0 Å². The van der Waals surface area contributed by atoms with Crippen molar-refractivity contribution in [1.82, 2.24) is 9.80 Å². The molecule has 128 valence electrons. The topological polar surface area (TPSA) is 35.9 Å². The summed E-state index contributed by atoms with van der Waals surface area (Å²) in [5.41, 5.74) is 3.55. The number of nitrogens with zero attached hydrogens (tertiary/aromatic N) is 2. The number of ether oxygens (including phenoxy) is 1. The Hall–Kier alpha value is -1.10. The van der Waals surface area contributed by atoms with E-state index in [9.17, 15) is 5.11 Å². The van der Waals surface area contributed by atoms with E-state index in [-0.39, 0.29) is 0 Å². The lowest BCUT2D eigenvalue weighted by Crippen LogP contribution is -2.49. The van der Waals surface area contributed by atoms with Crippen LogP contribution >= 0.6 is 0 Å². The Balaban J connectivity index is 1.45. The van der Waals surface area contributed by atoms with Gasteiger partial charge in [-0.25, -0.2) is 0 Å². The molecule has 0 spiro atoms. The van der Waals surface area contributed by atoms with Crippen molar-refractivity contribution in [3.05, 3.63) is 28.8 Å². The summed E-state index contributed by atoms with van der Waals surface area (Å²) in [6.07, 6.45) is 2.33. The summed E-state index contributed by atoms with van der Waals surface area (Å²) in [6, 6.07) is 5.06. The number of piperazine rings is 1. The molecule has 1 atom stereocenters. The molecule has 0 bridgehead atoms. The normalized spacial score (nSPS) is 21.4. The van der Waals surface area contributed by atoms with E-state index in [0.29, 0.717) is 13.2 Å². The average Bonchev–Trinajstić information content (AvgIpc) is 3.37. The zero-order valence-electron chi connectivity index (χ0n) is 14.7. The Morgan fingerprint density at radius 2 is 1.74 bits per heavy atom. The summed E-state index contributed by atoms with van der Waals surface area (Å²) < 4.78 is 5.93. The summed E-state index contributed by atoms with van der Waals surface area (Å²) in [5.74, 6) is 0.933. The molecular formula is C19H30N2O2. The minimum Gasteiger partial charge on any atom is -0.490 e. The highest BCUT2D eigenvalue weighted by atomic mass is 16.5. The Morgan fingerprint density at radius 3 is 2.39 bits per heavy atom. The molecule has 23 heavy (non-hydrogen) atoms. The second-order valence-electron chi connectivity index (χ2n) is 7.19. The third-order valence-corrected chi connectivity index (χ3v) is 5.23. The number of rotatable bonds is 6. The van der Waals surface area contributed by atoms with E-state index in [2.05, 4.69) is 42.7 Å². The van der Waals surface area contributed by atoms with E-state index in [0.717, 1.165) is 43.5 Å². The summed E-state index contributed by atoms with van der Waals surface area (Å²) in [5, 5.41) is 10.3. The lowest BCUT2D eigenvalue weighted by atomic mass is 10.1. The van der Waals surface area contributed by atoms with E-state index in [1.54, 1.807) is 0 Å². The van der Waals surface area contributed by atoms with Crippen LogP contribution in [0.5, 0.6) is 5.75 Å². The first-order valence-electron chi connectivity index (χ1n) is 8.88. The maximum Gasteiger partial charge on any atom is 0.125 e. The van der Waals surface area contributed by atoms with Gasteiger partial charge < -0.3 is 9.84 Å². The standard InChI is InChI=1S/C19H30N2O2/c1-14-4-5-15(2)19(16(14)3)23-13-18(22)12-20-8-10-21(11-9-20)17-6-7-17/h4-5,17-18,22H,6-13H2,1-3H3. The van der Waals surface area contributed by atoms with Gasteiger partial charge in [0.1, 0.15) is 18.5 Å². The van der Waals surface area contributed by atoms with Crippen LogP contribution in [-0.4, -0.2) is 66.4 Å². The molecule has 1 saturated carbocycles. The summed E-state index contributed by atoms with van der Waals surface area (Å²) in [6.45, 7) is 11.7. The maximum absolute atomic E-state index is 10.3. The Bertz CT molecular complexity index is 534. The van der Waals surface area contributed by atoms with Crippen molar-refractivity contribution in [2.45, 2.75) is 45.8 Å². The van der Waals surface area contributed by atoms with Crippen molar-refractivity contribution in [2.24, 2.45) is 0 Å². The van der Waals surface area contributed by atoms with Crippen LogP contribution in [0.4, 0.5) is 0 Å². The van der Waals surface area contributed by atoms with Crippen molar-refractivity contribution in [3.63, 3.8) is 0 Å². The van der Waals surface area contributed by atoms with Gasteiger partial charge in [-0.05, 0) is 50.3 Å². The van der Waals surface area contributed by atoms with Gasteiger partial charge in [0.25, 0.3) is 0 Å². The van der Waals surface area contributed by atoms with Gasteiger partial charge in [0.2, 0.25) is 0 Å². The second-order valence-corrected chi connectivity index (χ2v) is 7.19. The van der Waals surface area contributed by atoms with E-state index in [1.165, 1.54) is 24.0 Å². The molecule has 0 radical (unpaired) electrons. The first kappa shape index (κ1) is 16.7. The minimum atomic E-state index is -0.429. The third kappa shape index (κ3) is 4.25. The van der Waals surface area contributed by atoms with Crippen LogP contribution in [0.3, 0.4) is 0 Å². The Morgan fingerprint density at radius 1 is 1.09 bits per heavy atom. The number of aliphatic hydroxyl groups excluding tert-OH is 1. The highest BCUT2D eigenvalue weighted by Crippen LogP contribution is 2.28. The molecule has 2 fully saturated rings. The highest BCUT2D eigenvalue weighted by Gasteiger charge is 2.31. The largest absolute Gasteiger partial charge is 0.490 e. The molecule has 1 aromatic rings. The van der Waals surface area contributed by atoms with Crippen molar-refractivity contribution < 1.29 is 9.84 Å². The third-order valence-electron chi connectivity index (χ3n) is 5.23. The Labute approximate surface area is 140 Å². The van der Waals surface area contributed by atoms with Crippen LogP contribution in [0.15, 0.2) is 12.1 Å². The molecule has 1 aliphatic heterocycles. The number of benzene rings is 1. The first-order chi connectivity index (χ1) is 11.0. The van der Waals surface area contributed by atoms with Crippen LogP contribution in [-0.2, 0) is 0 Å². The molecule has 1 aromatic carbocycles. The van der Waals surface area contributed by atoms with Gasteiger partial charge >= 0.3 is 0 Å². The van der Waals surface area contributed by atoms with Gasteiger partial charge in [0.05, 0.1) is 0 Å². The van der Waals surface area contributed by atoms with Crippen molar-refractivity contribution >= 4 is 0 Å². The first-order valence-corrected chi connectivity index (χ1v) is 8.88. The molecular weight excluding hydrogens is 288 g/mol. The minimum absolute atomic E-state index is 0.369. The SMILES string of the molecule is Cc1ccc(C)c(OCC(O)CN2CCN(C3CC3)CC2)c1C. The highest BCUT2D eigenvalue weighted by molar-refractivity contribution is 5.44. The van der Waals surface area contributed by atoms with E-state index in [1.807, 2.05) is 0 Å². The van der Waals surface area contributed by atoms with E-state index >= 15 is 0 Å². The molecule has 0 aromatic heterocycles. The second kappa shape index (κ2) is 7.20. The van der Waals surface area contributed by atoms with Crippen LogP contribution < -0.4 is 4.74 Å². The molecule has 1 heterocycles. The molecule has 3 rings (SSSR count). The van der Waals surface area contributed by atoms with Crippen LogP contribution in [0.2, 0.25) is 0 Å². The van der Waals surface area contributed by atoms with Crippen molar-refractivity contribution in [2.75, 3.05) is 39.3 Å². The average molecular weight is 318 g/mol. The molecule has 2 aliphatic rings. The summed E-state index contributed by atoms with van der Waals surface area (Å²) in [7, 11) is 0. The molecule has 1 aliphatic carbocycles. The molecule has 4 heteroatoms. The Kier molecular flexibility index (Phi) is 5.24. The maximum atomic E-state index is 10.3. The zero-order chi connectivity index (χ0) is 16.4. The summed E-state index contributed by atoms with van der Waals surface area (Å²) in [4.78, 5) is 4.96. The smallest absolute Gasteiger partial charge is 0.125 e. The predicted octanol–water partition coefficient (Wildman–Crippen LogP) is 2.13. The predicted molar refractivity (Wildman–Crippen MR) is 93.2 cm³/mol. The molecule has 1 unspecified atom stereocenters. The molecule has 1 N–H and O–H groups in total. The monoisotopic (exact) mass is 318 g/mol. The van der Waals surface area contributed by atoms with Crippen LogP contribution in [0.1, 0.15) is 29.5 Å². The van der Waals surface area contributed by atoms with E-state index in [4.69, 9.17) is 4.74 Å². The molecule has 4 nitrogen and oxygen atoms in total. The number of aryl methyl sites for hydroxylation is 2. The molecule has 1 saturated heterocycles. The van der Waals surface area contributed by atoms with Crippen LogP contribution in [0.25, 0.3) is 0 Å². The lowest BCUT2D eigenvalue weighted by molar-refractivity contribution is 0.0442. The van der Waals surface area contributed by atoms with Crippen molar-refractivity contribution in [1.29, 1.82) is 0 Å². The van der Waals surface area contributed by atoms with Gasteiger partial charge in [-0.3, -0.25) is 9.80 Å². The van der Waals surface area contributed by atoms with Crippen molar-refractivity contribution in [3.8, 4) is 5.75 Å². The number of aliphatic hydroxyl groups is 1. The van der Waals surface area contributed by atoms with Gasteiger partial charge in [0.15, 0.2) is 0 Å². The van der Waals surface area contributed by atoms with Crippen LogP contribution in [0, 0.1) is 20.8 Å². The fourth-order valence-electron chi connectivity index (χ4n) is 3.43. The van der Waals surface area contributed by atoms with Gasteiger partial charge in [0, 0.05) is 38.8 Å². The fourth-order valence-corrected chi connectivity index (χ4v) is 3.43. The van der Waals surface area contributed by atoms with Gasteiger partial charge in [-0.15, -0.1) is 0 Å². The number of hydrogen-bond donors (Lipinski definition) is 1. The summed E-state index contributed by atoms with van der Waals surface area (Å²) >= 11 is 0. The molecule has 0 amide bonds. The van der Waals surface area contributed by atoms with Gasteiger partial charge in [-0.1, -0.05) is 12.1 Å². The lowest BCUT2D eigenvalue weighted by Gasteiger charge is -2.35. The van der Waals surface area contributed by atoms with E-state index < -0.39 is 6.10 Å². The quantitative estimate of drug-likeness (QED) is 0.872. The number of β-amino-alcohol motifs (C(OH)–C–C–N with tert-alkyl or cyclic N) is 1.